The van der Waals surface area contributed by atoms with E-state index >= 15 is 4.39 Å². The van der Waals surface area contributed by atoms with Crippen LogP contribution in [0.3, 0.4) is 0 Å². The van der Waals surface area contributed by atoms with Crippen LogP contribution in [0.2, 0.25) is 0 Å². The highest BCUT2D eigenvalue weighted by atomic mass is 19.1. The van der Waals surface area contributed by atoms with E-state index in [0.29, 0.717) is 0 Å². The first-order chi connectivity index (χ1) is 17.3. The molecule has 37 heavy (non-hydrogen) atoms. The standard InChI is InChI=1S/C26H32FN3O7/c1-5-10(2)29-9-12-8-15(27)13-6-11-7-14-19(30(3)4)22(33)18(25(28)36)24(35)26(14,37)23(34)16(11)21(32)17(13)20(12)31/h8,10-11,14,19,29,31,33-34,37H,5-7,9H2,1-4H3,(H2,28,36)/t10?,11-,14-,19-,26-/m0/s1. The molecule has 200 valence electrons. The molecule has 1 aromatic rings. The number of ketones is 2. The zero-order chi connectivity index (χ0) is 27.6. The van der Waals surface area contributed by atoms with E-state index in [-0.39, 0.29) is 47.7 Å². The summed E-state index contributed by atoms with van der Waals surface area (Å²) in [5.41, 5.74) is 1.20. The Morgan fingerprint density at radius 2 is 1.95 bits per heavy atom. The van der Waals surface area contributed by atoms with E-state index in [4.69, 9.17) is 5.73 Å². The molecule has 7 N–H and O–H groups in total. The molecule has 0 aromatic heterocycles. The predicted molar refractivity (Wildman–Crippen MR) is 130 cm³/mol. The van der Waals surface area contributed by atoms with Crippen molar-refractivity contribution in [1.82, 2.24) is 10.2 Å². The number of nitrogens with one attached hydrogen (secondary N) is 1. The number of hydrogen-bond acceptors (Lipinski definition) is 9. The number of phenolic OH excluding ortho intramolecular Hbond substituents is 1. The van der Waals surface area contributed by atoms with Gasteiger partial charge in [0.05, 0.1) is 11.6 Å². The topological polar surface area (TPSA) is 173 Å². The van der Waals surface area contributed by atoms with E-state index in [2.05, 4.69) is 5.32 Å². The number of aromatic hydroxyl groups is 1. The van der Waals surface area contributed by atoms with Crippen molar-refractivity contribution in [3.05, 3.63) is 51.2 Å². The van der Waals surface area contributed by atoms with Gasteiger partial charge >= 0.3 is 0 Å². The number of likely N-dealkylation sites (N-methyl/N-ethyl adjacent to an activating group) is 1. The van der Waals surface area contributed by atoms with Crippen molar-refractivity contribution in [1.29, 1.82) is 0 Å². The fraction of sp³-hybridized carbons (Fsp3) is 0.500. The molecular weight excluding hydrogens is 485 g/mol. The van der Waals surface area contributed by atoms with Crippen LogP contribution in [0.25, 0.3) is 0 Å². The molecule has 3 aliphatic carbocycles. The first-order valence-corrected chi connectivity index (χ1v) is 12.2. The molecule has 0 radical (unpaired) electrons. The van der Waals surface area contributed by atoms with Crippen molar-refractivity contribution in [2.75, 3.05) is 14.1 Å². The largest absolute Gasteiger partial charge is 0.510 e. The summed E-state index contributed by atoms with van der Waals surface area (Å²) in [6, 6.07) is 0.142. The van der Waals surface area contributed by atoms with Crippen LogP contribution < -0.4 is 11.1 Å². The summed E-state index contributed by atoms with van der Waals surface area (Å²) in [5.74, 6) is -8.26. The van der Waals surface area contributed by atoms with E-state index in [1.54, 1.807) is 14.1 Å². The second kappa shape index (κ2) is 9.23. The molecule has 11 heteroatoms. The summed E-state index contributed by atoms with van der Waals surface area (Å²) in [5, 5.41) is 47.7. The van der Waals surface area contributed by atoms with Crippen molar-refractivity contribution < 1.29 is 39.2 Å². The average Bonchev–Trinajstić information content (AvgIpc) is 2.81. The van der Waals surface area contributed by atoms with Gasteiger partial charge in [-0.15, -0.1) is 0 Å². The minimum absolute atomic E-state index is 0.0251. The molecule has 10 nitrogen and oxygen atoms in total. The van der Waals surface area contributed by atoms with Gasteiger partial charge < -0.3 is 31.5 Å². The number of Topliss-reactive ketones (excluding diaryl/α,β-unsaturated/α-hetero) is 2. The zero-order valence-electron chi connectivity index (χ0n) is 21.1. The summed E-state index contributed by atoms with van der Waals surface area (Å²) in [6.45, 7) is 3.96. The van der Waals surface area contributed by atoms with Crippen LogP contribution in [0.15, 0.2) is 28.7 Å². The van der Waals surface area contributed by atoms with E-state index in [9.17, 15) is 34.8 Å². The number of primary amides is 1. The number of rotatable bonds is 6. The van der Waals surface area contributed by atoms with Gasteiger partial charge in [-0.1, -0.05) is 6.92 Å². The highest BCUT2D eigenvalue weighted by Gasteiger charge is 2.63. The quantitative estimate of drug-likeness (QED) is 0.303. The minimum atomic E-state index is -2.73. The van der Waals surface area contributed by atoms with Crippen molar-refractivity contribution in [2.24, 2.45) is 17.6 Å². The average molecular weight is 518 g/mol. The van der Waals surface area contributed by atoms with E-state index < -0.39 is 69.6 Å². The van der Waals surface area contributed by atoms with Crippen molar-refractivity contribution >= 4 is 17.5 Å². The number of nitrogens with zero attached hydrogens (tertiary/aromatic N) is 1. The molecule has 5 atom stereocenters. The van der Waals surface area contributed by atoms with Gasteiger partial charge in [-0.05, 0) is 52.3 Å². The number of benzene rings is 1. The Hall–Kier alpha value is -3.28. The van der Waals surface area contributed by atoms with Gasteiger partial charge in [0.2, 0.25) is 5.78 Å². The third kappa shape index (κ3) is 3.84. The number of fused-ring (bicyclic) bond motifs is 3. The summed E-state index contributed by atoms with van der Waals surface area (Å²) in [6.07, 6.45) is 0.602. The van der Waals surface area contributed by atoms with Gasteiger partial charge in [0.1, 0.15) is 28.7 Å². The number of nitrogens with two attached hydrogens (primary N) is 1. The van der Waals surface area contributed by atoms with Crippen molar-refractivity contribution in [3.8, 4) is 5.75 Å². The lowest BCUT2D eigenvalue weighted by Crippen LogP contribution is -2.63. The van der Waals surface area contributed by atoms with Gasteiger partial charge in [-0.2, -0.15) is 0 Å². The Morgan fingerprint density at radius 1 is 1.30 bits per heavy atom. The Kier molecular flexibility index (Phi) is 6.68. The number of phenols is 1. The molecule has 0 bridgehead atoms. The maximum absolute atomic E-state index is 15.2. The monoisotopic (exact) mass is 517 g/mol. The summed E-state index contributed by atoms with van der Waals surface area (Å²) in [4.78, 5) is 40.4. The normalized spacial score (nSPS) is 28.2. The van der Waals surface area contributed by atoms with E-state index in [1.807, 2.05) is 13.8 Å². The maximum atomic E-state index is 15.2. The Balaban J connectivity index is 1.88. The number of aliphatic hydroxyl groups excluding tert-OH is 2. The van der Waals surface area contributed by atoms with E-state index in [1.165, 1.54) is 11.0 Å². The van der Waals surface area contributed by atoms with Crippen LogP contribution in [0.5, 0.6) is 5.75 Å². The van der Waals surface area contributed by atoms with Crippen molar-refractivity contribution in [2.45, 2.75) is 57.3 Å². The molecule has 3 aliphatic rings. The number of amides is 1. The molecule has 1 unspecified atom stereocenters. The van der Waals surface area contributed by atoms with Gasteiger partial charge in [-0.25, -0.2) is 4.39 Å². The van der Waals surface area contributed by atoms with Crippen LogP contribution in [0, 0.1) is 17.7 Å². The Bertz CT molecular complexity index is 1270. The molecule has 0 spiro atoms. The predicted octanol–water partition coefficient (Wildman–Crippen LogP) is 1.15. The second-order valence-corrected chi connectivity index (χ2v) is 10.4. The van der Waals surface area contributed by atoms with Gasteiger partial charge in [0.25, 0.3) is 5.91 Å². The Morgan fingerprint density at radius 3 is 2.51 bits per heavy atom. The molecule has 0 saturated carbocycles. The van der Waals surface area contributed by atoms with Crippen molar-refractivity contribution in [3.63, 3.8) is 0 Å². The molecule has 0 heterocycles. The molecule has 1 amide bonds. The minimum Gasteiger partial charge on any atom is -0.510 e. The SMILES string of the molecule is CCC(C)NCc1cc(F)c2c(c1O)C(=O)C1=C(O)[C@]3(O)C(=O)C(C(N)=O)=C(O)[C@@H](N(C)C)[C@@H]3C[C@@H]1C2. The molecule has 0 fully saturated rings. The number of aliphatic hydroxyl groups is 3. The number of hydrogen-bond donors (Lipinski definition) is 6. The number of allylic oxidation sites excluding steroid dienone is 1. The summed E-state index contributed by atoms with van der Waals surface area (Å²) < 4.78 is 15.2. The number of carbonyl (C=O) groups excluding carboxylic acids is 3. The van der Waals surface area contributed by atoms with Crippen LogP contribution >= 0.6 is 0 Å². The van der Waals surface area contributed by atoms with Crippen LogP contribution in [0.4, 0.5) is 4.39 Å². The fourth-order valence-electron chi connectivity index (χ4n) is 5.89. The number of carbonyl (C=O) groups is 3. The maximum Gasteiger partial charge on any atom is 0.255 e. The fourth-order valence-corrected chi connectivity index (χ4v) is 5.89. The lowest BCUT2D eigenvalue weighted by molar-refractivity contribution is -0.148. The second-order valence-electron chi connectivity index (χ2n) is 10.4. The summed E-state index contributed by atoms with van der Waals surface area (Å²) >= 11 is 0. The van der Waals surface area contributed by atoms with Crippen LogP contribution in [0.1, 0.15) is 48.2 Å². The third-order valence-corrected chi connectivity index (χ3v) is 8.00. The van der Waals surface area contributed by atoms with Gasteiger partial charge in [-0.3, -0.25) is 19.3 Å². The number of halogens is 1. The highest BCUT2D eigenvalue weighted by molar-refractivity contribution is 6.24. The Labute approximate surface area is 213 Å². The van der Waals surface area contributed by atoms with Gasteiger partial charge in [0, 0.05) is 35.2 Å². The van der Waals surface area contributed by atoms with E-state index in [0.717, 1.165) is 6.42 Å². The third-order valence-electron chi connectivity index (χ3n) is 8.00. The smallest absolute Gasteiger partial charge is 0.255 e. The molecule has 0 saturated heterocycles. The first-order valence-electron chi connectivity index (χ1n) is 12.2. The van der Waals surface area contributed by atoms with Crippen LogP contribution in [-0.2, 0) is 22.6 Å². The lowest BCUT2D eigenvalue weighted by Gasteiger charge is -2.50. The molecule has 0 aliphatic heterocycles. The molecule has 1 aromatic carbocycles. The highest BCUT2D eigenvalue weighted by Crippen LogP contribution is 2.52. The van der Waals surface area contributed by atoms with Gasteiger partial charge in [0.15, 0.2) is 11.4 Å². The lowest BCUT2D eigenvalue weighted by atomic mass is 9.58. The molecule has 4 rings (SSSR count). The molecular formula is C26H32FN3O7. The van der Waals surface area contributed by atoms with Crippen LogP contribution in [-0.4, -0.2) is 74.6 Å². The first kappa shape index (κ1) is 26.8. The summed E-state index contributed by atoms with van der Waals surface area (Å²) in [7, 11) is 3.08. The zero-order valence-corrected chi connectivity index (χ0v) is 21.1.